The third-order valence-corrected chi connectivity index (χ3v) is 1.89. The molecule has 1 aromatic carbocycles. The number of benzene rings is 1. The molecule has 0 fully saturated rings. The molecule has 0 amide bonds. The van der Waals surface area contributed by atoms with Crippen molar-refractivity contribution in [1.82, 2.24) is 4.98 Å². The van der Waals surface area contributed by atoms with Gasteiger partial charge in [-0.2, -0.15) is 0 Å². The third kappa shape index (κ3) is 1.43. The predicted octanol–water partition coefficient (Wildman–Crippen LogP) is 1.64. The summed E-state index contributed by atoms with van der Waals surface area (Å²) in [6, 6.07) is 4.65. The van der Waals surface area contributed by atoms with Crippen LogP contribution < -0.4 is 11.1 Å². The summed E-state index contributed by atoms with van der Waals surface area (Å²) in [7, 11) is 0. The fraction of sp³-hybridized carbons (Fsp3) is 0. The van der Waals surface area contributed by atoms with Crippen LogP contribution in [0.15, 0.2) is 27.4 Å². The summed E-state index contributed by atoms with van der Waals surface area (Å²) in [5.41, 5.74) is 1.63. The maximum absolute atomic E-state index is 11.1. The molecule has 0 unspecified atom stereocenters. The minimum Gasteiger partial charge on any atom is -0.418 e. The maximum atomic E-state index is 11.1. The van der Waals surface area contributed by atoms with Crippen LogP contribution in [0.4, 0.5) is 5.82 Å². The van der Waals surface area contributed by atoms with Gasteiger partial charge in [-0.3, -0.25) is 5.21 Å². The highest BCUT2D eigenvalue weighted by molar-refractivity contribution is 6.31. The first-order valence-electron chi connectivity index (χ1n) is 3.71. The molecule has 0 bridgehead atoms. The SMILES string of the molecule is O=c1oc2ccc(Cl)cc2nc1NO. The normalized spacial score (nSPS) is 10.4. The van der Waals surface area contributed by atoms with Gasteiger partial charge in [0.05, 0.1) is 0 Å². The first kappa shape index (κ1) is 8.98. The van der Waals surface area contributed by atoms with E-state index in [1.807, 2.05) is 0 Å². The quantitative estimate of drug-likeness (QED) is 0.703. The second-order valence-electron chi connectivity index (χ2n) is 2.57. The van der Waals surface area contributed by atoms with Crippen molar-refractivity contribution in [2.45, 2.75) is 0 Å². The van der Waals surface area contributed by atoms with Crippen molar-refractivity contribution in [3.63, 3.8) is 0 Å². The fourth-order valence-electron chi connectivity index (χ4n) is 1.05. The molecule has 1 heterocycles. The van der Waals surface area contributed by atoms with Crippen molar-refractivity contribution in [1.29, 1.82) is 0 Å². The highest BCUT2D eigenvalue weighted by Gasteiger charge is 2.05. The van der Waals surface area contributed by atoms with Gasteiger partial charge in [0.1, 0.15) is 5.52 Å². The van der Waals surface area contributed by atoms with Gasteiger partial charge >= 0.3 is 5.63 Å². The summed E-state index contributed by atoms with van der Waals surface area (Å²) in [5, 5.41) is 9.02. The Morgan fingerprint density at radius 3 is 3.00 bits per heavy atom. The number of hydrogen-bond donors (Lipinski definition) is 2. The Balaban J connectivity index is 2.80. The molecule has 0 saturated carbocycles. The second kappa shape index (κ2) is 3.28. The molecule has 0 saturated heterocycles. The molecule has 1 aromatic heterocycles. The Bertz CT molecular complexity index is 538. The van der Waals surface area contributed by atoms with Crippen molar-refractivity contribution >= 4 is 28.5 Å². The Morgan fingerprint density at radius 1 is 1.50 bits per heavy atom. The van der Waals surface area contributed by atoms with E-state index in [9.17, 15) is 4.79 Å². The van der Waals surface area contributed by atoms with E-state index < -0.39 is 5.63 Å². The van der Waals surface area contributed by atoms with E-state index in [4.69, 9.17) is 21.2 Å². The number of fused-ring (bicyclic) bond motifs is 1. The predicted molar refractivity (Wildman–Crippen MR) is 50.7 cm³/mol. The molecule has 0 radical (unpaired) electrons. The maximum Gasteiger partial charge on any atom is 0.381 e. The van der Waals surface area contributed by atoms with Gasteiger partial charge in [-0.1, -0.05) is 11.6 Å². The molecule has 6 heteroatoms. The lowest BCUT2D eigenvalue weighted by atomic mass is 10.3. The number of anilines is 1. The smallest absolute Gasteiger partial charge is 0.381 e. The van der Waals surface area contributed by atoms with E-state index in [1.165, 1.54) is 12.1 Å². The van der Waals surface area contributed by atoms with Crippen LogP contribution in [0.5, 0.6) is 0 Å². The fourth-order valence-corrected chi connectivity index (χ4v) is 1.22. The standard InChI is InChI=1S/C8H5ClN2O3/c9-4-1-2-6-5(3-4)10-7(11-13)8(12)14-6/h1-3,13H,(H,10,11). The van der Waals surface area contributed by atoms with Gasteiger partial charge in [0.15, 0.2) is 5.58 Å². The molecule has 0 aliphatic carbocycles. The van der Waals surface area contributed by atoms with Crippen molar-refractivity contribution < 1.29 is 9.62 Å². The first-order valence-corrected chi connectivity index (χ1v) is 4.09. The molecule has 5 nitrogen and oxygen atoms in total. The van der Waals surface area contributed by atoms with Crippen LogP contribution >= 0.6 is 11.6 Å². The average molecular weight is 213 g/mol. The molecular weight excluding hydrogens is 208 g/mol. The lowest BCUT2D eigenvalue weighted by molar-refractivity contribution is 0.380. The van der Waals surface area contributed by atoms with E-state index in [2.05, 4.69) is 4.98 Å². The molecule has 0 aliphatic heterocycles. The minimum atomic E-state index is -0.734. The second-order valence-corrected chi connectivity index (χ2v) is 3.01. The molecule has 0 aliphatic rings. The Kier molecular flexibility index (Phi) is 2.11. The van der Waals surface area contributed by atoms with E-state index in [0.29, 0.717) is 16.1 Å². The van der Waals surface area contributed by atoms with Crippen LogP contribution in [0.1, 0.15) is 0 Å². The number of halogens is 1. The largest absolute Gasteiger partial charge is 0.418 e. The molecule has 2 N–H and O–H groups in total. The zero-order chi connectivity index (χ0) is 10.1. The van der Waals surface area contributed by atoms with E-state index in [0.717, 1.165) is 0 Å². The van der Waals surface area contributed by atoms with Crippen LogP contribution in [-0.4, -0.2) is 10.2 Å². The number of rotatable bonds is 1. The zero-order valence-corrected chi connectivity index (χ0v) is 7.58. The van der Waals surface area contributed by atoms with Crippen LogP contribution in [0.25, 0.3) is 11.1 Å². The van der Waals surface area contributed by atoms with E-state index in [1.54, 1.807) is 11.5 Å². The van der Waals surface area contributed by atoms with E-state index in [-0.39, 0.29) is 5.82 Å². The Hall–Kier alpha value is -1.59. The average Bonchev–Trinajstić information content (AvgIpc) is 2.17. The number of hydrogen-bond acceptors (Lipinski definition) is 5. The zero-order valence-electron chi connectivity index (χ0n) is 6.82. The van der Waals surface area contributed by atoms with Gasteiger partial charge in [0.25, 0.3) is 0 Å². The molecular formula is C8H5ClN2O3. The Labute approximate surface area is 82.9 Å². The Morgan fingerprint density at radius 2 is 2.29 bits per heavy atom. The first-order chi connectivity index (χ1) is 6.70. The minimum absolute atomic E-state index is 0.264. The highest BCUT2D eigenvalue weighted by atomic mass is 35.5. The van der Waals surface area contributed by atoms with Gasteiger partial charge < -0.3 is 4.42 Å². The van der Waals surface area contributed by atoms with Gasteiger partial charge in [0, 0.05) is 5.02 Å². The summed E-state index contributed by atoms with van der Waals surface area (Å²) in [6.07, 6.45) is 0. The summed E-state index contributed by atoms with van der Waals surface area (Å²) in [5.74, 6) is -0.264. The summed E-state index contributed by atoms with van der Waals surface area (Å²) in [4.78, 5) is 14.9. The van der Waals surface area contributed by atoms with Gasteiger partial charge in [-0.05, 0) is 18.2 Å². The van der Waals surface area contributed by atoms with Gasteiger partial charge in [-0.25, -0.2) is 15.3 Å². The van der Waals surface area contributed by atoms with E-state index >= 15 is 0 Å². The summed E-state index contributed by atoms with van der Waals surface area (Å²) in [6.45, 7) is 0. The lowest BCUT2D eigenvalue weighted by Gasteiger charge is -1.98. The molecule has 14 heavy (non-hydrogen) atoms. The van der Waals surface area contributed by atoms with Gasteiger partial charge in [0.2, 0.25) is 5.82 Å². The molecule has 0 atom stereocenters. The number of aromatic nitrogens is 1. The van der Waals surface area contributed by atoms with Crippen molar-refractivity contribution in [2.24, 2.45) is 0 Å². The highest BCUT2D eigenvalue weighted by Crippen LogP contribution is 2.16. The summed E-state index contributed by atoms with van der Waals surface area (Å²) < 4.78 is 4.84. The third-order valence-electron chi connectivity index (χ3n) is 1.66. The van der Waals surface area contributed by atoms with Crippen LogP contribution in [0, 0.1) is 0 Å². The van der Waals surface area contributed by atoms with Gasteiger partial charge in [-0.15, -0.1) is 0 Å². The number of nitrogens with zero attached hydrogens (tertiary/aromatic N) is 1. The molecule has 2 aromatic rings. The topological polar surface area (TPSA) is 75.4 Å². The van der Waals surface area contributed by atoms with Crippen molar-refractivity contribution in [2.75, 3.05) is 5.48 Å². The monoisotopic (exact) mass is 212 g/mol. The van der Waals surface area contributed by atoms with Crippen LogP contribution in [0.3, 0.4) is 0 Å². The van der Waals surface area contributed by atoms with Crippen LogP contribution in [-0.2, 0) is 0 Å². The summed E-state index contributed by atoms with van der Waals surface area (Å²) >= 11 is 5.71. The van der Waals surface area contributed by atoms with Crippen molar-refractivity contribution in [3.05, 3.63) is 33.6 Å². The van der Waals surface area contributed by atoms with Crippen LogP contribution in [0.2, 0.25) is 5.02 Å². The molecule has 2 rings (SSSR count). The number of nitrogens with one attached hydrogen (secondary N) is 1. The molecule has 72 valence electrons. The molecule has 0 spiro atoms. The van der Waals surface area contributed by atoms with Crippen molar-refractivity contribution in [3.8, 4) is 0 Å². The lowest BCUT2D eigenvalue weighted by Crippen LogP contribution is -2.09.